The Bertz CT molecular complexity index is 997. The molecule has 3 rings (SSSR count). The van der Waals surface area contributed by atoms with Gasteiger partial charge in [-0.1, -0.05) is 30.3 Å². The van der Waals surface area contributed by atoms with Crippen molar-refractivity contribution in [2.75, 3.05) is 0 Å². The molecule has 0 bridgehead atoms. The lowest BCUT2D eigenvalue weighted by atomic mass is 10.1. The normalized spacial score (nSPS) is 11.5. The van der Waals surface area contributed by atoms with Gasteiger partial charge < -0.3 is 9.66 Å². The summed E-state index contributed by atoms with van der Waals surface area (Å²) in [5.41, 5.74) is 0.688. The molecule has 0 radical (unpaired) electrons. The topological polar surface area (TPSA) is 102 Å². The van der Waals surface area contributed by atoms with Gasteiger partial charge in [0.25, 0.3) is 0 Å². The van der Waals surface area contributed by atoms with Crippen molar-refractivity contribution in [2.24, 2.45) is 10.2 Å². The Morgan fingerprint density at radius 1 is 0.875 bits per heavy atom. The minimum Gasteiger partial charge on any atom is -0.744 e. The highest BCUT2D eigenvalue weighted by molar-refractivity contribution is 7.85. The van der Waals surface area contributed by atoms with E-state index in [9.17, 15) is 18.1 Å². The Hall–Kier alpha value is -2.90. The summed E-state index contributed by atoms with van der Waals surface area (Å²) in [6, 6.07) is 15.8. The van der Waals surface area contributed by atoms with Crippen LogP contribution in [0.2, 0.25) is 0 Å². The zero-order valence-electron chi connectivity index (χ0n) is 12.7. The molecule has 0 amide bonds. The van der Waals surface area contributed by atoms with E-state index in [1.54, 1.807) is 6.07 Å². The molecule has 0 saturated carbocycles. The van der Waals surface area contributed by atoms with Gasteiger partial charge in [-0.2, -0.15) is 5.11 Å². The summed E-state index contributed by atoms with van der Waals surface area (Å²) in [6.07, 6.45) is 0. The minimum atomic E-state index is -4.48. The van der Waals surface area contributed by atoms with Crippen molar-refractivity contribution < 1.29 is 18.1 Å². The Morgan fingerprint density at radius 3 is 2.21 bits per heavy atom. The number of nitrogens with zero attached hydrogens (tertiary/aromatic N) is 2. The standard InChI is InChI=1S/C16H12N2O4S.CH3/c19-15-10-5-11-3-1-2-4-14(11)16(15)18-17-12-6-8-13(9-7-12)23(20,21)22;/h1-10,19H,(H,20,21,22);1H3/q;+1/p-1. The fourth-order valence-corrected chi connectivity index (χ4v) is 2.61. The molecule has 7 heteroatoms. The molecule has 24 heavy (non-hydrogen) atoms. The van der Waals surface area contributed by atoms with Crippen LogP contribution in [-0.2, 0) is 10.1 Å². The van der Waals surface area contributed by atoms with E-state index in [-0.39, 0.29) is 18.1 Å². The second-order valence-corrected chi connectivity index (χ2v) is 6.18. The van der Waals surface area contributed by atoms with E-state index in [0.717, 1.165) is 10.8 Å². The highest BCUT2D eigenvalue weighted by atomic mass is 32.2. The van der Waals surface area contributed by atoms with Gasteiger partial charge in [-0.05, 0) is 35.7 Å². The smallest absolute Gasteiger partial charge is 0.143 e. The van der Waals surface area contributed by atoms with Crippen LogP contribution in [0.5, 0.6) is 5.75 Å². The zero-order chi connectivity index (χ0) is 16.4. The van der Waals surface area contributed by atoms with Gasteiger partial charge in [-0.25, -0.2) is 8.42 Å². The second kappa shape index (κ2) is 6.69. The van der Waals surface area contributed by atoms with Crippen LogP contribution < -0.4 is 0 Å². The third kappa shape index (κ3) is 3.53. The van der Waals surface area contributed by atoms with Crippen molar-refractivity contribution in [3.8, 4) is 5.75 Å². The maximum absolute atomic E-state index is 10.9. The second-order valence-electron chi connectivity index (χ2n) is 4.80. The molecular formula is C17H14N2O4S. The van der Waals surface area contributed by atoms with Gasteiger partial charge >= 0.3 is 0 Å². The molecule has 3 aromatic rings. The maximum Gasteiger partial charge on any atom is 0.143 e. The maximum atomic E-state index is 10.9. The molecule has 0 atom stereocenters. The van der Waals surface area contributed by atoms with Crippen LogP contribution in [0.1, 0.15) is 0 Å². The monoisotopic (exact) mass is 342 g/mol. The molecule has 0 aliphatic heterocycles. The zero-order valence-corrected chi connectivity index (χ0v) is 13.6. The minimum absolute atomic E-state index is 0. The number of fused-ring (bicyclic) bond motifs is 1. The third-order valence-electron chi connectivity index (χ3n) is 3.27. The molecule has 0 fully saturated rings. The highest BCUT2D eigenvalue weighted by Gasteiger charge is 2.06. The summed E-state index contributed by atoms with van der Waals surface area (Å²) in [5.74, 6) is -0.00814. The van der Waals surface area contributed by atoms with E-state index < -0.39 is 10.1 Å². The lowest BCUT2D eigenvalue weighted by Gasteiger charge is -2.06. The van der Waals surface area contributed by atoms with Crippen LogP contribution in [0.3, 0.4) is 0 Å². The molecule has 0 unspecified atom stereocenters. The van der Waals surface area contributed by atoms with Crippen LogP contribution in [-0.4, -0.2) is 18.1 Å². The Balaban J connectivity index is 0.00000208. The predicted octanol–water partition coefficient (Wildman–Crippen LogP) is 4.32. The summed E-state index contributed by atoms with van der Waals surface area (Å²) >= 11 is 0. The number of phenolic OH excluding ortho intramolecular Hbond substituents is 1. The molecule has 122 valence electrons. The van der Waals surface area contributed by atoms with Gasteiger partial charge in [-0.3, -0.25) is 0 Å². The van der Waals surface area contributed by atoms with E-state index in [0.29, 0.717) is 11.4 Å². The van der Waals surface area contributed by atoms with Gasteiger partial charge in [0.1, 0.15) is 21.6 Å². The third-order valence-corrected chi connectivity index (χ3v) is 4.12. The van der Waals surface area contributed by atoms with Crippen LogP contribution in [0, 0.1) is 7.43 Å². The van der Waals surface area contributed by atoms with Crippen LogP contribution in [0.15, 0.2) is 75.8 Å². The lowest BCUT2D eigenvalue weighted by Crippen LogP contribution is -1.97. The number of aromatic hydroxyl groups is 1. The Labute approximate surface area is 139 Å². The molecule has 0 saturated heterocycles. The number of benzene rings is 3. The quantitative estimate of drug-likeness (QED) is 0.435. The molecule has 0 heterocycles. The Kier molecular flexibility index (Phi) is 4.87. The first-order valence-electron chi connectivity index (χ1n) is 6.63. The first-order valence-corrected chi connectivity index (χ1v) is 8.04. The molecule has 3 aromatic carbocycles. The van der Waals surface area contributed by atoms with Crippen LogP contribution in [0.25, 0.3) is 10.8 Å². The van der Waals surface area contributed by atoms with E-state index in [4.69, 9.17) is 0 Å². The molecule has 0 aromatic heterocycles. The fraction of sp³-hybridized carbons (Fsp3) is 0. The van der Waals surface area contributed by atoms with Crippen molar-refractivity contribution in [1.29, 1.82) is 0 Å². The van der Waals surface area contributed by atoms with Crippen LogP contribution >= 0.6 is 0 Å². The summed E-state index contributed by atoms with van der Waals surface area (Å²) < 4.78 is 32.6. The summed E-state index contributed by atoms with van der Waals surface area (Å²) in [4.78, 5) is -0.329. The molecule has 6 nitrogen and oxygen atoms in total. The average Bonchev–Trinajstić information content (AvgIpc) is 2.53. The number of azo groups is 1. The van der Waals surface area contributed by atoms with Crippen molar-refractivity contribution in [2.45, 2.75) is 4.90 Å². The van der Waals surface area contributed by atoms with E-state index in [1.807, 2.05) is 24.3 Å². The number of hydrogen-bond acceptors (Lipinski definition) is 6. The first kappa shape index (κ1) is 17.5. The highest BCUT2D eigenvalue weighted by Crippen LogP contribution is 2.35. The van der Waals surface area contributed by atoms with Crippen molar-refractivity contribution in [1.82, 2.24) is 0 Å². The largest absolute Gasteiger partial charge is 0.744 e. The number of phenols is 1. The molecule has 1 N–H and O–H groups in total. The van der Waals surface area contributed by atoms with Crippen molar-refractivity contribution in [3.05, 3.63) is 68.1 Å². The number of rotatable bonds is 3. The summed E-state index contributed by atoms with van der Waals surface area (Å²) in [7, 11) is -4.48. The molecule has 0 aliphatic rings. The average molecular weight is 342 g/mol. The SMILES string of the molecule is O=S(=O)([O-])c1ccc(N=Nc2c(O)ccc3ccccc23)cc1.[CH3+]. The van der Waals surface area contributed by atoms with Gasteiger partial charge in [0, 0.05) is 12.8 Å². The summed E-state index contributed by atoms with van der Waals surface area (Å²) in [5, 5.41) is 19.6. The molecular weight excluding hydrogens is 328 g/mol. The summed E-state index contributed by atoms with van der Waals surface area (Å²) in [6.45, 7) is 0. The van der Waals surface area contributed by atoms with Gasteiger partial charge in [0.15, 0.2) is 0 Å². The number of hydrogen-bond donors (Lipinski definition) is 1. The van der Waals surface area contributed by atoms with Crippen LogP contribution in [0.4, 0.5) is 11.4 Å². The van der Waals surface area contributed by atoms with Gasteiger partial charge in [-0.15, -0.1) is 5.11 Å². The van der Waals surface area contributed by atoms with E-state index in [2.05, 4.69) is 10.2 Å². The Morgan fingerprint density at radius 2 is 1.54 bits per heavy atom. The van der Waals surface area contributed by atoms with Crippen molar-refractivity contribution in [3.63, 3.8) is 0 Å². The molecule has 0 aliphatic carbocycles. The molecule has 0 spiro atoms. The lowest BCUT2D eigenvalue weighted by molar-refractivity contribution is 0.463. The van der Waals surface area contributed by atoms with Gasteiger partial charge in [0.2, 0.25) is 0 Å². The fourth-order valence-electron chi connectivity index (χ4n) is 2.14. The van der Waals surface area contributed by atoms with E-state index in [1.165, 1.54) is 30.3 Å². The van der Waals surface area contributed by atoms with E-state index >= 15 is 0 Å². The first-order chi connectivity index (χ1) is 10.9. The van der Waals surface area contributed by atoms with Crippen molar-refractivity contribution >= 4 is 32.3 Å². The van der Waals surface area contributed by atoms with Gasteiger partial charge in [0.05, 0.1) is 10.6 Å². The predicted molar refractivity (Wildman–Crippen MR) is 90.6 cm³/mol.